The molecule has 5 nitrogen and oxygen atoms in total. The standard InChI is InChI=1S/C16H23N3O2/c1-11(12-5-3-2-4-6-12)19(10-15(18)20)16(21)13-7-8-14(17)9-13/h2-6,11,13-14H,7-10,17H2,1H3,(H2,18,20)/t11-,13?,14?/m1/s1. The predicted octanol–water partition coefficient (Wildman–Crippen LogP) is 1.19. The van der Waals surface area contributed by atoms with E-state index >= 15 is 0 Å². The van der Waals surface area contributed by atoms with Crippen molar-refractivity contribution in [2.45, 2.75) is 38.3 Å². The van der Waals surface area contributed by atoms with E-state index in [0.717, 1.165) is 18.4 Å². The topological polar surface area (TPSA) is 89.4 Å². The van der Waals surface area contributed by atoms with Crippen molar-refractivity contribution in [3.05, 3.63) is 35.9 Å². The number of amides is 2. The number of hydrogen-bond donors (Lipinski definition) is 2. The molecule has 1 aliphatic carbocycles. The quantitative estimate of drug-likeness (QED) is 0.853. The van der Waals surface area contributed by atoms with E-state index in [-0.39, 0.29) is 30.5 Å². The zero-order chi connectivity index (χ0) is 15.4. The largest absolute Gasteiger partial charge is 0.368 e. The number of nitrogens with two attached hydrogens (primary N) is 2. The van der Waals surface area contributed by atoms with Gasteiger partial charge in [0.05, 0.1) is 12.6 Å². The molecular formula is C16H23N3O2. The highest BCUT2D eigenvalue weighted by Gasteiger charge is 2.33. The second-order valence-corrected chi connectivity index (χ2v) is 5.79. The molecule has 4 N–H and O–H groups in total. The van der Waals surface area contributed by atoms with E-state index in [9.17, 15) is 9.59 Å². The Kier molecular flexibility index (Phi) is 4.96. The van der Waals surface area contributed by atoms with Crippen molar-refractivity contribution in [2.24, 2.45) is 17.4 Å². The summed E-state index contributed by atoms with van der Waals surface area (Å²) in [6.07, 6.45) is 2.34. The van der Waals surface area contributed by atoms with Gasteiger partial charge in [-0.1, -0.05) is 30.3 Å². The van der Waals surface area contributed by atoms with E-state index in [1.165, 1.54) is 0 Å². The lowest BCUT2D eigenvalue weighted by Gasteiger charge is -2.31. The van der Waals surface area contributed by atoms with Gasteiger partial charge in [0.15, 0.2) is 0 Å². The van der Waals surface area contributed by atoms with Crippen molar-refractivity contribution < 1.29 is 9.59 Å². The van der Waals surface area contributed by atoms with Gasteiger partial charge in [-0.15, -0.1) is 0 Å². The number of benzene rings is 1. The lowest BCUT2D eigenvalue weighted by Crippen LogP contribution is -2.43. The third-order valence-corrected chi connectivity index (χ3v) is 4.18. The summed E-state index contributed by atoms with van der Waals surface area (Å²) >= 11 is 0. The Bertz CT molecular complexity index is 504. The Morgan fingerprint density at radius 3 is 2.48 bits per heavy atom. The molecule has 2 rings (SSSR count). The summed E-state index contributed by atoms with van der Waals surface area (Å²) in [4.78, 5) is 25.6. The number of nitrogens with zero attached hydrogens (tertiary/aromatic N) is 1. The van der Waals surface area contributed by atoms with Gasteiger partial charge in [-0.2, -0.15) is 0 Å². The summed E-state index contributed by atoms with van der Waals surface area (Å²) in [5.41, 5.74) is 12.2. The fourth-order valence-electron chi connectivity index (χ4n) is 2.96. The molecule has 1 saturated carbocycles. The lowest BCUT2D eigenvalue weighted by molar-refractivity contribution is -0.141. The molecule has 0 heterocycles. The van der Waals surface area contributed by atoms with Crippen molar-refractivity contribution in [1.82, 2.24) is 4.90 Å². The molecule has 1 aromatic carbocycles. The van der Waals surface area contributed by atoms with E-state index in [1.54, 1.807) is 4.90 Å². The van der Waals surface area contributed by atoms with Crippen LogP contribution in [0.2, 0.25) is 0 Å². The molecule has 0 aromatic heterocycles. The molecule has 0 bridgehead atoms. The Morgan fingerprint density at radius 1 is 1.29 bits per heavy atom. The summed E-state index contributed by atoms with van der Waals surface area (Å²) in [6.45, 7) is 1.87. The molecule has 1 aromatic rings. The van der Waals surface area contributed by atoms with Crippen LogP contribution in [0, 0.1) is 5.92 Å². The average molecular weight is 289 g/mol. The van der Waals surface area contributed by atoms with E-state index in [4.69, 9.17) is 11.5 Å². The molecule has 0 aliphatic heterocycles. The zero-order valence-corrected chi connectivity index (χ0v) is 12.4. The summed E-state index contributed by atoms with van der Waals surface area (Å²) in [6, 6.07) is 9.57. The molecule has 3 atom stereocenters. The Labute approximate surface area is 125 Å². The van der Waals surface area contributed by atoms with Gasteiger partial charge in [0.2, 0.25) is 11.8 Å². The fraction of sp³-hybridized carbons (Fsp3) is 0.500. The smallest absolute Gasteiger partial charge is 0.237 e. The first-order valence-electron chi connectivity index (χ1n) is 7.38. The Hall–Kier alpha value is -1.88. The maximum Gasteiger partial charge on any atom is 0.237 e. The SMILES string of the molecule is C[C@H](c1ccccc1)N(CC(N)=O)C(=O)C1CCC(N)C1. The van der Waals surface area contributed by atoms with Gasteiger partial charge in [0, 0.05) is 12.0 Å². The summed E-state index contributed by atoms with van der Waals surface area (Å²) < 4.78 is 0. The van der Waals surface area contributed by atoms with Crippen molar-refractivity contribution in [3.63, 3.8) is 0 Å². The maximum atomic E-state index is 12.7. The minimum Gasteiger partial charge on any atom is -0.368 e. The lowest BCUT2D eigenvalue weighted by atomic mass is 10.0. The van der Waals surface area contributed by atoms with Crippen molar-refractivity contribution in [1.29, 1.82) is 0 Å². The Morgan fingerprint density at radius 2 is 1.95 bits per heavy atom. The number of hydrogen-bond acceptors (Lipinski definition) is 3. The molecule has 2 unspecified atom stereocenters. The maximum absolute atomic E-state index is 12.7. The van der Waals surface area contributed by atoms with Gasteiger partial charge in [-0.05, 0) is 31.7 Å². The van der Waals surface area contributed by atoms with Crippen LogP contribution in [0.4, 0.5) is 0 Å². The van der Waals surface area contributed by atoms with E-state index in [2.05, 4.69) is 0 Å². The third kappa shape index (κ3) is 3.82. The monoisotopic (exact) mass is 289 g/mol. The van der Waals surface area contributed by atoms with E-state index < -0.39 is 5.91 Å². The highest BCUT2D eigenvalue weighted by atomic mass is 16.2. The molecule has 2 amide bonds. The van der Waals surface area contributed by atoms with E-state index in [0.29, 0.717) is 6.42 Å². The molecule has 21 heavy (non-hydrogen) atoms. The molecule has 0 saturated heterocycles. The van der Waals surface area contributed by atoms with Crippen molar-refractivity contribution in [2.75, 3.05) is 6.54 Å². The number of rotatable bonds is 5. The molecular weight excluding hydrogens is 266 g/mol. The van der Waals surface area contributed by atoms with Gasteiger partial charge in [-0.25, -0.2) is 0 Å². The van der Waals surface area contributed by atoms with Gasteiger partial charge in [-0.3, -0.25) is 9.59 Å². The summed E-state index contributed by atoms with van der Waals surface area (Å²) in [5.74, 6) is -0.600. The third-order valence-electron chi connectivity index (χ3n) is 4.18. The van der Waals surface area contributed by atoms with Crippen LogP contribution in [0.3, 0.4) is 0 Å². The number of carbonyl (C=O) groups is 2. The molecule has 0 radical (unpaired) electrons. The van der Waals surface area contributed by atoms with Gasteiger partial charge < -0.3 is 16.4 Å². The van der Waals surface area contributed by atoms with Gasteiger partial charge >= 0.3 is 0 Å². The van der Waals surface area contributed by atoms with Crippen LogP contribution in [0.15, 0.2) is 30.3 Å². The molecule has 114 valence electrons. The first kappa shape index (κ1) is 15.5. The molecule has 5 heteroatoms. The van der Waals surface area contributed by atoms with Gasteiger partial charge in [0.25, 0.3) is 0 Å². The van der Waals surface area contributed by atoms with Crippen LogP contribution in [0.25, 0.3) is 0 Å². The second-order valence-electron chi connectivity index (χ2n) is 5.79. The van der Waals surface area contributed by atoms with Crippen LogP contribution >= 0.6 is 0 Å². The first-order chi connectivity index (χ1) is 9.99. The minimum absolute atomic E-state index is 0.0156. The van der Waals surface area contributed by atoms with Crippen molar-refractivity contribution >= 4 is 11.8 Å². The highest BCUT2D eigenvalue weighted by Crippen LogP contribution is 2.29. The molecule has 0 spiro atoms. The zero-order valence-electron chi connectivity index (χ0n) is 12.4. The summed E-state index contributed by atoms with van der Waals surface area (Å²) in [5, 5.41) is 0. The van der Waals surface area contributed by atoms with Crippen LogP contribution < -0.4 is 11.5 Å². The highest BCUT2D eigenvalue weighted by molar-refractivity contribution is 5.85. The van der Waals surface area contributed by atoms with Gasteiger partial charge in [0.1, 0.15) is 0 Å². The van der Waals surface area contributed by atoms with Crippen LogP contribution in [0.1, 0.15) is 37.8 Å². The predicted molar refractivity (Wildman–Crippen MR) is 81.1 cm³/mol. The number of carbonyl (C=O) groups excluding carboxylic acids is 2. The number of primary amides is 1. The van der Waals surface area contributed by atoms with Crippen LogP contribution in [-0.4, -0.2) is 29.3 Å². The molecule has 1 fully saturated rings. The first-order valence-corrected chi connectivity index (χ1v) is 7.38. The van der Waals surface area contributed by atoms with Crippen LogP contribution in [0.5, 0.6) is 0 Å². The average Bonchev–Trinajstić information content (AvgIpc) is 2.90. The normalized spacial score (nSPS) is 22.8. The van der Waals surface area contributed by atoms with Crippen LogP contribution in [-0.2, 0) is 9.59 Å². The summed E-state index contributed by atoms with van der Waals surface area (Å²) in [7, 11) is 0. The Balaban J connectivity index is 2.17. The minimum atomic E-state index is -0.492. The fourth-order valence-corrected chi connectivity index (χ4v) is 2.96. The van der Waals surface area contributed by atoms with Crippen molar-refractivity contribution in [3.8, 4) is 0 Å². The van der Waals surface area contributed by atoms with E-state index in [1.807, 2.05) is 37.3 Å². The molecule has 1 aliphatic rings. The second kappa shape index (κ2) is 6.72.